The van der Waals surface area contributed by atoms with E-state index >= 15 is 0 Å². The Kier molecular flexibility index (Phi) is 6.43. The minimum atomic E-state index is -0.760. The second-order valence-corrected chi connectivity index (χ2v) is 7.25. The Labute approximate surface area is 159 Å². The van der Waals surface area contributed by atoms with Gasteiger partial charge >= 0.3 is 17.8 Å². The summed E-state index contributed by atoms with van der Waals surface area (Å²) < 4.78 is 10.6. The molecule has 1 unspecified atom stereocenters. The minimum Gasteiger partial charge on any atom is -0.493 e. The van der Waals surface area contributed by atoms with Crippen molar-refractivity contribution < 1.29 is 28.8 Å². The maximum atomic E-state index is 12.5. The topological polar surface area (TPSA) is 80.6 Å². The first kappa shape index (κ1) is 20.7. The van der Waals surface area contributed by atoms with Crippen LogP contribution in [0.15, 0.2) is 12.1 Å². The number of quaternary nitrogens is 1. The van der Waals surface area contributed by atoms with E-state index in [1.165, 1.54) is 0 Å². The Morgan fingerprint density at radius 2 is 1.56 bits per heavy atom. The number of methoxy groups -OCH3 is 2. The van der Waals surface area contributed by atoms with Gasteiger partial charge in [0.15, 0.2) is 18.2 Å². The zero-order valence-corrected chi connectivity index (χ0v) is 16.8. The maximum absolute atomic E-state index is 12.5. The number of amides is 4. The molecule has 4 amide bonds. The summed E-state index contributed by atoms with van der Waals surface area (Å²) in [5.74, 6) is -0.133. The molecule has 8 heteroatoms. The minimum absolute atomic E-state index is 0.102. The summed E-state index contributed by atoms with van der Waals surface area (Å²) in [6, 6.07) is 3.24. The molecule has 1 N–H and O–H groups in total. The van der Waals surface area contributed by atoms with Crippen LogP contribution in [-0.2, 0) is 16.1 Å². The highest BCUT2D eigenvalue weighted by molar-refractivity contribution is 6.44. The van der Waals surface area contributed by atoms with Gasteiger partial charge in [-0.2, -0.15) is 0 Å². The van der Waals surface area contributed by atoms with Gasteiger partial charge in [0.05, 0.1) is 21.3 Å². The third-order valence-corrected chi connectivity index (χ3v) is 4.45. The van der Waals surface area contributed by atoms with Crippen molar-refractivity contribution in [3.63, 3.8) is 0 Å². The van der Waals surface area contributed by atoms with Crippen molar-refractivity contribution in [2.24, 2.45) is 5.92 Å². The summed E-state index contributed by atoms with van der Waals surface area (Å²) in [5, 5.41) is 0. The molecule has 0 radical (unpaired) electrons. The van der Waals surface area contributed by atoms with E-state index in [0.717, 1.165) is 25.8 Å². The van der Waals surface area contributed by atoms with Crippen LogP contribution in [-0.4, -0.2) is 62.1 Å². The number of hydrogen-bond acceptors (Lipinski definition) is 5. The first-order valence-electron chi connectivity index (χ1n) is 8.89. The van der Waals surface area contributed by atoms with Crippen LogP contribution in [0.4, 0.5) is 4.79 Å². The lowest BCUT2D eigenvalue weighted by atomic mass is 10.1. The van der Waals surface area contributed by atoms with E-state index in [0.29, 0.717) is 18.0 Å². The molecule has 1 aliphatic heterocycles. The van der Waals surface area contributed by atoms with E-state index < -0.39 is 17.8 Å². The quantitative estimate of drug-likeness (QED) is 0.524. The number of imide groups is 2. The summed E-state index contributed by atoms with van der Waals surface area (Å²) >= 11 is 0. The average Bonchev–Trinajstić information content (AvgIpc) is 2.80. The van der Waals surface area contributed by atoms with Crippen LogP contribution in [0.25, 0.3) is 0 Å². The van der Waals surface area contributed by atoms with Gasteiger partial charge in [0.25, 0.3) is 0 Å². The Morgan fingerprint density at radius 3 is 2.11 bits per heavy atom. The van der Waals surface area contributed by atoms with Crippen molar-refractivity contribution in [3.8, 4) is 11.5 Å². The van der Waals surface area contributed by atoms with Crippen molar-refractivity contribution in [2.75, 3.05) is 34.5 Å². The van der Waals surface area contributed by atoms with Gasteiger partial charge in [0, 0.05) is 12.1 Å². The average molecular weight is 378 g/mol. The lowest BCUT2D eigenvalue weighted by Gasteiger charge is -2.21. The number of rotatable bonds is 8. The van der Waals surface area contributed by atoms with Crippen molar-refractivity contribution in [1.82, 2.24) is 9.80 Å². The molecule has 1 atom stereocenters. The molecule has 1 saturated heterocycles. The zero-order valence-electron chi connectivity index (χ0n) is 16.8. The molecule has 8 nitrogen and oxygen atoms in total. The Hall–Kier alpha value is -2.61. The van der Waals surface area contributed by atoms with Gasteiger partial charge in [-0.25, -0.2) is 9.69 Å². The third kappa shape index (κ3) is 4.39. The summed E-state index contributed by atoms with van der Waals surface area (Å²) in [6.07, 6.45) is 0. The first-order valence-corrected chi connectivity index (χ1v) is 8.89. The van der Waals surface area contributed by atoms with Gasteiger partial charge in [0.1, 0.15) is 6.54 Å². The fourth-order valence-corrected chi connectivity index (χ4v) is 3.08. The highest BCUT2D eigenvalue weighted by atomic mass is 16.5. The fourth-order valence-electron chi connectivity index (χ4n) is 3.08. The molecule has 0 spiro atoms. The Bertz CT molecular complexity index is 747. The molecule has 1 heterocycles. The highest BCUT2D eigenvalue weighted by Gasteiger charge is 2.45. The van der Waals surface area contributed by atoms with Crippen molar-refractivity contribution >= 4 is 17.8 Å². The Morgan fingerprint density at radius 1 is 1.00 bits per heavy atom. The molecule has 0 bridgehead atoms. The fraction of sp³-hybridized carbons (Fsp3) is 0.526. The van der Waals surface area contributed by atoms with E-state index in [1.54, 1.807) is 14.2 Å². The second kappa shape index (κ2) is 8.39. The van der Waals surface area contributed by atoms with Crippen LogP contribution in [0.1, 0.15) is 25.0 Å². The van der Waals surface area contributed by atoms with Crippen LogP contribution in [0.3, 0.4) is 0 Å². The second-order valence-electron chi connectivity index (χ2n) is 7.25. The standard InChI is InChI=1S/C19H27N3O5/c1-12(2)9-21-17(23)18(24)22(19(21)25)11-20(4)10-14-8-16(27-6)15(26-5)7-13(14)3/h7-8,12H,9-11H2,1-6H3/p+1. The monoisotopic (exact) mass is 378 g/mol. The molecule has 1 aliphatic rings. The Balaban J connectivity index is 2.12. The van der Waals surface area contributed by atoms with Crippen LogP contribution < -0.4 is 14.4 Å². The molecule has 27 heavy (non-hydrogen) atoms. The zero-order chi connectivity index (χ0) is 20.3. The molecule has 2 rings (SSSR count). The SMILES string of the molecule is COc1cc(C)c(C[NH+](C)CN2C(=O)C(=O)N(CC(C)C)C2=O)cc1OC. The number of nitrogens with zero attached hydrogens (tertiary/aromatic N) is 2. The van der Waals surface area contributed by atoms with Crippen LogP contribution in [0.5, 0.6) is 11.5 Å². The molecule has 0 aromatic heterocycles. The smallest absolute Gasteiger partial charge is 0.338 e. The predicted molar refractivity (Wildman–Crippen MR) is 98.5 cm³/mol. The molecule has 1 fully saturated rings. The summed E-state index contributed by atoms with van der Waals surface area (Å²) in [5.41, 5.74) is 2.03. The number of carbonyl (C=O) groups excluding carboxylic acids is 3. The van der Waals surface area contributed by atoms with E-state index in [-0.39, 0.29) is 19.1 Å². The number of ether oxygens (including phenoxy) is 2. The van der Waals surface area contributed by atoms with Gasteiger partial charge in [-0.05, 0) is 30.5 Å². The molecule has 1 aromatic carbocycles. The van der Waals surface area contributed by atoms with Crippen molar-refractivity contribution in [3.05, 3.63) is 23.3 Å². The van der Waals surface area contributed by atoms with Gasteiger partial charge < -0.3 is 14.4 Å². The van der Waals surface area contributed by atoms with Crippen molar-refractivity contribution in [2.45, 2.75) is 27.3 Å². The summed E-state index contributed by atoms with van der Waals surface area (Å²) in [4.78, 5) is 39.7. The van der Waals surface area contributed by atoms with E-state index in [1.807, 2.05) is 40.0 Å². The molecule has 1 aromatic rings. The maximum Gasteiger partial charge on any atom is 0.338 e. The lowest BCUT2D eigenvalue weighted by molar-refractivity contribution is -0.901. The van der Waals surface area contributed by atoms with Crippen LogP contribution in [0.2, 0.25) is 0 Å². The molecule has 0 aliphatic carbocycles. The van der Waals surface area contributed by atoms with E-state index in [4.69, 9.17) is 9.47 Å². The largest absolute Gasteiger partial charge is 0.493 e. The normalized spacial score (nSPS) is 15.7. The van der Waals surface area contributed by atoms with E-state index in [2.05, 4.69) is 0 Å². The summed E-state index contributed by atoms with van der Waals surface area (Å²) in [7, 11) is 5.02. The van der Waals surface area contributed by atoms with Gasteiger partial charge in [-0.1, -0.05) is 13.8 Å². The van der Waals surface area contributed by atoms with Gasteiger partial charge in [-0.3, -0.25) is 14.5 Å². The van der Waals surface area contributed by atoms with Crippen molar-refractivity contribution in [1.29, 1.82) is 0 Å². The summed E-state index contributed by atoms with van der Waals surface area (Å²) in [6.45, 7) is 6.67. The number of benzene rings is 1. The van der Waals surface area contributed by atoms with E-state index in [9.17, 15) is 14.4 Å². The molecular weight excluding hydrogens is 350 g/mol. The van der Waals surface area contributed by atoms with Gasteiger partial charge in [-0.15, -0.1) is 0 Å². The predicted octanol–water partition coefficient (Wildman–Crippen LogP) is 0.431. The number of hydrogen-bond donors (Lipinski definition) is 1. The number of aryl methyl sites for hydroxylation is 1. The number of urea groups is 1. The van der Waals surface area contributed by atoms with Gasteiger partial charge in [0.2, 0.25) is 0 Å². The van der Waals surface area contributed by atoms with Crippen LogP contribution >= 0.6 is 0 Å². The number of carbonyl (C=O) groups is 3. The molecular formula is C19H28N3O5+. The lowest BCUT2D eigenvalue weighted by Crippen LogP contribution is -3.09. The molecule has 148 valence electrons. The first-order chi connectivity index (χ1) is 12.7. The third-order valence-electron chi connectivity index (χ3n) is 4.45. The number of nitrogens with one attached hydrogen (secondary N) is 1. The van der Waals surface area contributed by atoms with Crippen LogP contribution in [0, 0.1) is 12.8 Å². The highest BCUT2D eigenvalue weighted by Crippen LogP contribution is 2.29. The molecule has 0 saturated carbocycles.